The molecule has 9 heteroatoms. The van der Waals surface area contributed by atoms with Gasteiger partial charge in [-0.15, -0.1) is 0 Å². The van der Waals surface area contributed by atoms with Crippen LogP contribution in [-0.4, -0.2) is 72.2 Å². The van der Waals surface area contributed by atoms with E-state index in [4.69, 9.17) is 20.9 Å². The molecule has 0 saturated carbocycles. The lowest BCUT2D eigenvalue weighted by Crippen LogP contribution is -2.49. The predicted octanol–water partition coefficient (Wildman–Crippen LogP) is 2.88. The average molecular weight is 470 g/mol. The maximum Gasteiger partial charge on any atom is 0.241 e. The van der Waals surface area contributed by atoms with Crippen molar-refractivity contribution in [2.45, 2.75) is 13.0 Å². The predicted molar refractivity (Wildman–Crippen MR) is 126 cm³/mol. The minimum Gasteiger partial charge on any atom is -0.497 e. The number of rotatable bonds is 9. The number of hydrogen-bond acceptors (Lipinski definition) is 7. The van der Waals surface area contributed by atoms with E-state index in [-0.39, 0.29) is 5.91 Å². The van der Waals surface area contributed by atoms with E-state index in [0.717, 1.165) is 54.5 Å². The SMILES string of the molecule is COc1ccc(-c2noc(CN3CCN(CC(=O)NCCc4ccc(Cl)cc4)CC3)n2)cc1. The zero-order valence-corrected chi connectivity index (χ0v) is 19.4. The molecule has 2 aromatic carbocycles. The van der Waals surface area contributed by atoms with Gasteiger partial charge in [-0.2, -0.15) is 4.98 Å². The van der Waals surface area contributed by atoms with Gasteiger partial charge in [-0.25, -0.2) is 0 Å². The Morgan fingerprint density at radius 3 is 2.45 bits per heavy atom. The van der Waals surface area contributed by atoms with Crippen molar-refractivity contribution in [1.29, 1.82) is 0 Å². The first-order chi connectivity index (χ1) is 16.1. The molecule has 33 heavy (non-hydrogen) atoms. The Morgan fingerprint density at radius 2 is 1.76 bits per heavy atom. The zero-order chi connectivity index (χ0) is 23.0. The molecule has 0 spiro atoms. The van der Waals surface area contributed by atoms with Gasteiger partial charge in [0.15, 0.2) is 0 Å². The van der Waals surface area contributed by atoms with Crippen LogP contribution in [-0.2, 0) is 17.8 Å². The number of piperazine rings is 1. The zero-order valence-electron chi connectivity index (χ0n) is 18.7. The van der Waals surface area contributed by atoms with Gasteiger partial charge in [0.2, 0.25) is 17.6 Å². The van der Waals surface area contributed by atoms with Crippen molar-refractivity contribution in [3.05, 3.63) is 65.0 Å². The van der Waals surface area contributed by atoms with Crippen LogP contribution < -0.4 is 10.1 Å². The highest BCUT2D eigenvalue weighted by atomic mass is 35.5. The largest absolute Gasteiger partial charge is 0.497 e. The summed E-state index contributed by atoms with van der Waals surface area (Å²) in [7, 11) is 1.64. The van der Waals surface area contributed by atoms with Gasteiger partial charge in [0.25, 0.3) is 0 Å². The van der Waals surface area contributed by atoms with Crippen molar-refractivity contribution in [1.82, 2.24) is 25.3 Å². The Balaban J connectivity index is 1.16. The summed E-state index contributed by atoms with van der Waals surface area (Å²) in [6.07, 6.45) is 0.791. The summed E-state index contributed by atoms with van der Waals surface area (Å²) in [6.45, 7) is 4.97. The molecule has 0 atom stereocenters. The average Bonchev–Trinajstić information content (AvgIpc) is 3.30. The van der Waals surface area contributed by atoms with Gasteiger partial charge in [0.1, 0.15) is 5.75 Å². The molecule has 1 aromatic heterocycles. The van der Waals surface area contributed by atoms with Gasteiger partial charge < -0.3 is 14.6 Å². The van der Waals surface area contributed by atoms with Gasteiger partial charge in [-0.1, -0.05) is 28.9 Å². The van der Waals surface area contributed by atoms with E-state index in [9.17, 15) is 4.79 Å². The second kappa shape index (κ2) is 11.3. The minimum atomic E-state index is 0.0541. The Hall–Kier alpha value is -2.94. The third-order valence-corrected chi connectivity index (χ3v) is 5.91. The fourth-order valence-electron chi connectivity index (χ4n) is 3.73. The summed E-state index contributed by atoms with van der Waals surface area (Å²) < 4.78 is 10.6. The van der Waals surface area contributed by atoms with E-state index in [2.05, 4.69) is 25.3 Å². The number of nitrogens with one attached hydrogen (secondary N) is 1. The number of amides is 1. The normalized spacial score (nSPS) is 14.8. The number of carbonyl (C=O) groups is 1. The molecule has 1 saturated heterocycles. The minimum absolute atomic E-state index is 0.0541. The fourth-order valence-corrected chi connectivity index (χ4v) is 3.86. The molecule has 1 amide bonds. The quantitative estimate of drug-likeness (QED) is 0.515. The fraction of sp³-hybridized carbons (Fsp3) is 0.375. The molecule has 8 nitrogen and oxygen atoms in total. The number of carbonyl (C=O) groups excluding carboxylic acids is 1. The highest BCUT2D eigenvalue weighted by Crippen LogP contribution is 2.20. The molecule has 1 aliphatic rings. The van der Waals surface area contributed by atoms with E-state index in [1.165, 1.54) is 0 Å². The van der Waals surface area contributed by atoms with E-state index < -0.39 is 0 Å². The van der Waals surface area contributed by atoms with Gasteiger partial charge in [-0.3, -0.25) is 14.6 Å². The summed E-state index contributed by atoms with van der Waals surface area (Å²) in [5, 5.41) is 7.82. The molecule has 2 heterocycles. The first-order valence-corrected chi connectivity index (χ1v) is 11.4. The lowest BCUT2D eigenvalue weighted by molar-refractivity contribution is -0.122. The number of halogens is 1. The number of hydrogen-bond donors (Lipinski definition) is 1. The molecule has 174 valence electrons. The summed E-state index contributed by atoms with van der Waals surface area (Å²) in [6, 6.07) is 15.3. The maximum absolute atomic E-state index is 12.3. The Labute approximate surface area is 198 Å². The molecule has 0 radical (unpaired) electrons. The molecule has 1 N–H and O–H groups in total. The van der Waals surface area contributed by atoms with Gasteiger partial charge in [0.05, 0.1) is 20.2 Å². The van der Waals surface area contributed by atoms with Gasteiger partial charge in [-0.05, 0) is 48.4 Å². The maximum atomic E-state index is 12.3. The highest BCUT2D eigenvalue weighted by molar-refractivity contribution is 6.30. The molecule has 0 unspecified atom stereocenters. The van der Waals surface area contributed by atoms with E-state index >= 15 is 0 Å². The van der Waals surface area contributed by atoms with Crippen LogP contribution in [0, 0.1) is 0 Å². The summed E-state index contributed by atoms with van der Waals surface area (Å²) >= 11 is 5.90. The Kier molecular flexibility index (Phi) is 7.93. The standard InChI is InChI=1S/C24H28ClN5O3/c1-32-21-8-4-19(5-9-21)24-27-23(33-28-24)17-30-14-12-29(13-15-30)16-22(31)26-11-10-18-2-6-20(25)7-3-18/h2-9H,10-17H2,1H3,(H,26,31). The van der Waals surface area contributed by atoms with Crippen LogP contribution >= 0.6 is 11.6 Å². The third-order valence-electron chi connectivity index (χ3n) is 5.66. The van der Waals surface area contributed by atoms with Crippen LogP contribution in [0.2, 0.25) is 5.02 Å². The molecule has 0 bridgehead atoms. The van der Waals surface area contributed by atoms with Crippen LogP contribution in [0.3, 0.4) is 0 Å². The molecular formula is C24H28ClN5O3. The molecule has 0 aliphatic carbocycles. The molecule has 4 rings (SSSR count). The van der Waals surface area contributed by atoms with Crippen LogP contribution in [0.25, 0.3) is 11.4 Å². The molecule has 1 fully saturated rings. The number of ether oxygens (including phenoxy) is 1. The summed E-state index contributed by atoms with van der Waals surface area (Å²) in [5.41, 5.74) is 2.04. The first-order valence-electron chi connectivity index (χ1n) is 11.0. The van der Waals surface area contributed by atoms with Crippen molar-refractivity contribution in [3.8, 4) is 17.1 Å². The molecular weight excluding hydrogens is 442 g/mol. The van der Waals surface area contributed by atoms with Crippen molar-refractivity contribution in [2.75, 3.05) is 46.4 Å². The smallest absolute Gasteiger partial charge is 0.241 e. The first kappa shape index (κ1) is 23.2. The van der Waals surface area contributed by atoms with Crippen LogP contribution in [0.15, 0.2) is 53.1 Å². The number of nitrogens with zero attached hydrogens (tertiary/aromatic N) is 4. The third kappa shape index (κ3) is 6.77. The number of methoxy groups -OCH3 is 1. The van der Waals surface area contributed by atoms with E-state index in [1.54, 1.807) is 7.11 Å². The van der Waals surface area contributed by atoms with Crippen molar-refractivity contribution >= 4 is 17.5 Å². The van der Waals surface area contributed by atoms with Crippen LogP contribution in [0.1, 0.15) is 11.5 Å². The second-order valence-corrected chi connectivity index (χ2v) is 8.46. The van der Waals surface area contributed by atoms with Crippen molar-refractivity contribution < 1.29 is 14.1 Å². The van der Waals surface area contributed by atoms with Gasteiger partial charge in [0, 0.05) is 43.3 Å². The van der Waals surface area contributed by atoms with Crippen LogP contribution in [0.5, 0.6) is 5.75 Å². The topological polar surface area (TPSA) is 83.7 Å². The van der Waals surface area contributed by atoms with Crippen molar-refractivity contribution in [2.24, 2.45) is 0 Å². The highest BCUT2D eigenvalue weighted by Gasteiger charge is 2.21. The van der Waals surface area contributed by atoms with E-state index in [1.807, 2.05) is 48.5 Å². The number of benzene rings is 2. The monoisotopic (exact) mass is 469 g/mol. The molecule has 1 aliphatic heterocycles. The lowest BCUT2D eigenvalue weighted by atomic mass is 10.1. The molecule has 3 aromatic rings. The summed E-state index contributed by atoms with van der Waals surface area (Å²) in [4.78, 5) is 21.2. The van der Waals surface area contributed by atoms with E-state index in [0.29, 0.717) is 31.3 Å². The number of aromatic nitrogens is 2. The van der Waals surface area contributed by atoms with Crippen LogP contribution in [0.4, 0.5) is 0 Å². The lowest BCUT2D eigenvalue weighted by Gasteiger charge is -2.33. The van der Waals surface area contributed by atoms with Crippen molar-refractivity contribution in [3.63, 3.8) is 0 Å². The Bertz CT molecular complexity index is 1030. The summed E-state index contributed by atoms with van der Waals surface area (Å²) in [5.74, 6) is 2.00. The Morgan fingerprint density at radius 1 is 1.06 bits per heavy atom. The van der Waals surface area contributed by atoms with Gasteiger partial charge >= 0.3 is 0 Å². The second-order valence-electron chi connectivity index (χ2n) is 8.02.